The zero-order chi connectivity index (χ0) is 12.1. The summed E-state index contributed by atoms with van der Waals surface area (Å²) < 4.78 is 0. The highest BCUT2D eigenvalue weighted by atomic mass is 16.2. The van der Waals surface area contributed by atoms with E-state index in [9.17, 15) is 9.59 Å². The van der Waals surface area contributed by atoms with Crippen LogP contribution in [-0.2, 0) is 9.59 Å². The third-order valence-electron chi connectivity index (χ3n) is 3.85. The number of hydrogen-bond donors (Lipinski definition) is 1. The lowest BCUT2D eigenvalue weighted by Gasteiger charge is -2.25. The third-order valence-corrected chi connectivity index (χ3v) is 3.85. The molecule has 1 N–H and O–H groups in total. The van der Waals surface area contributed by atoms with Gasteiger partial charge in [-0.3, -0.25) is 14.5 Å². The molecule has 0 unspecified atom stereocenters. The Hall–Kier alpha value is -0.900. The van der Waals surface area contributed by atoms with Crippen molar-refractivity contribution >= 4 is 11.8 Å². The van der Waals surface area contributed by atoms with Crippen LogP contribution in [-0.4, -0.2) is 36.3 Å². The van der Waals surface area contributed by atoms with E-state index in [4.69, 9.17) is 0 Å². The number of hydrogen-bond acceptors (Lipinski definition) is 3. The van der Waals surface area contributed by atoms with Gasteiger partial charge in [-0.2, -0.15) is 0 Å². The highest BCUT2D eigenvalue weighted by Gasteiger charge is 2.24. The number of imide groups is 1. The van der Waals surface area contributed by atoms with Crippen molar-refractivity contribution in [2.75, 3.05) is 19.6 Å². The lowest BCUT2D eigenvalue weighted by molar-refractivity contribution is -0.143. The standard InChI is InChI=1S/C13H22N2O2/c16-12-3-1-2-4-13(17)15(12)10-7-11-5-8-14-9-6-11/h11,14H,1-10H2. The van der Waals surface area contributed by atoms with Crippen molar-refractivity contribution in [1.82, 2.24) is 10.2 Å². The van der Waals surface area contributed by atoms with Crippen LogP contribution in [0, 0.1) is 5.92 Å². The summed E-state index contributed by atoms with van der Waals surface area (Å²) in [4.78, 5) is 25.1. The quantitative estimate of drug-likeness (QED) is 0.754. The van der Waals surface area contributed by atoms with Gasteiger partial charge in [0.25, 0.3) is 0 Å². The monoisotopic (exact) mass is 238 g/mol. The van der Waals surface area contributed by atoms with Gasteiger partial charge in [-0.1, -0.05) is 0 Å². The van der Waals surface area contributed by atoms with Gasteiger partial charge in [0.1, 0.15) is 0 Å². The van der Waals surface area contributed by atoms with Crippen molar-refractivity contribution in [3.05, 3.63) is 0 Å². The maximum atomic E-state index is 11.8. The molecule has 0 bridgehead atoms. The fourth-order valence-corrected chi connectivity index (χ4v) is 2.69. The molecular formula is C13H22N2O2. The smallest absolute Gasteiger partial charge is 0.229 e. The number of nitrogens with one attached hydrogen (secondary N) is 1. The van der Waals surface area contributed by atoms with Crippen molar-refractivity contribution in [2.45, 2.75) is 44.9 Å². The van der Waals surface area contributed by atoms with Crippen LogP contribution < -0.4 is 5.32 Å². The summed E-state index contributed by atoms with van der Waals surface area (Å²) in [7, 11) is 0. The van der Waals surface area contributed by atoms with Crippen LogP contribution in [0.3, 0.4) is 0 Å². The van der Waals surface area contributed by atoms with Gasteiger partial charge >= 0.3 is 0 Å². The number of carbonyl (C=O) groups is 2. The number of rotatable bonds is 3. The van der Waals surface area contributed by atoms with Gasteiger partial charge < -0.3 is 5.32 Å². The molecule has 17 heavy (non-hydrogen) atoms. The summed E-state index contributed by atoms with van der Waals surface area (Å²) in [6, 6.07) is 0. The molecule has 2 aliphatic rings. The van der Waals surface area contributed by atoms with Gasteiger partial charge in [-0.05, 0) is 51.1 Å². The Kier molecular flexibility index (Phi) is 4.54. The first-order chi connectivity index (χ1) is 8.27. The summed E-state index contributed by atoms with van der Waals surface area (Å²) >= 11 is 0. The molecule has 2 rings (SSSR count). The van der Waals surface area contributed by atoms with E-state index in [0.29, 0.717) is 25.3 Å². The molecule has 0 aromatic carbocycles. The first kappa shape index (κ1) is 12.6. The Balaban J connectivity index is 1.82. The fourth-order valence-electron chi connectivity index (χ4n) is 2.69. The van der Waals surface area contributed by atoms with E-state index >= 15 is 0 Å². The largest absolute Gasteiger partial charge is 0.317 e. The minimum Gasteiger partial charge on any atom is -0.317 e. The first-order valence-corrected chi connectivity index (χ1v) is 6.81. The number of carbonyl (C=O) groups excluding carboxylic acids is 2. The van der Waals surface area contributed by atoms with Gasteiger partial charge in [0.15, 0.2) is 0 Å². The van der Waals surface area contributed by atoms with E-state index in [-0.39, 0.29) is 11.8 Å². The Morgan fingerprint density at radius 1 is 1.06 bits per heavy atom. The minimum absolute atomic E-state index is 0.0430. The van der Waals surface area contributed by atoms with Gasteiger partial charge in [0.05, 0.1) is 0 Å². The zero-order valence-corrected chi connectivity index (χ0v) is 10.4. The normalized spacial score (nSPS) is 23.9. The Morgan fingerprint density at radius 2 is 1.65 bits per heavy atom. The van der Waals surface area contributed by atoms with Crippen LogP contribution in [0.25, 0.3) is 0 Å². The highest BCUT2D eigenvalue weighted by molar-refractivity contribution is 5.95. The maximum absolute atomic E-state index is 11.8. The number of amides is 2. The van der Waals surface area contributed by atoms with E-state index in [2.05, 4.69) is 5.32 Å². The molecule has 2 saturated heterocycles. The highest BCUT2D eigenvalue weighted by Crippen LogP contribution is 2.19. The maximum Gasteiger partial charge on any atom is 0.229 e. The van der Waals surface area contributed by atoms with E-state index in [1.54, 1.807) is 0 Å². The molecule has 0 spiro atoms. The molecule has 2 amide bonds. The average Bonchev–Trinajstić information content (AvgIpc) is 2.50. The van der Waals surface area contributed by atoms with Gasteiger partial charge in [-0.15, -0.1) is 0 Å². The van der Waals surface area contributed by atoms with Gasteiger partial charge in [-0.25, -0.2) is 0 Å². The summed E-state index contributed by atoms with van der Waals surface area (Å²) in [5.74, 6) is 0.767. The molecule has 4 heteroatoms. The summed E-state index contributed by atoms with van der Waals surface area (Å²) in [6.07, 6.45) is 6.18. The Morgan fingerprint density at radius 3 is 2.24 bits per heavy atom. The molecule has 0 aliphatic carbocycles. The van der Waals surface area contributed by atoms with E-state index < -0.39 is 0 Å². The summed E-state index contributed by atoms with van der Waals surface area (Å²) in [6.45, 7) is 2.79. The lowest BCUT2D eigenvalue weighted by Crippen LogP contribution is -2.37. The predicted molar refractivity (Wildman–Crippen MR) is 65.4 cm³/mol. The van der Waals surface area contributed by atoms with Gasteiger partial charge in [0.2, 0.25) is 11.8 Å². The molecule has 2 heterocycles. The van der Waals surface area contributed by atoms with Gasteiger partial charge in [0, 0.05) is 19.4 Å². The molecule has 0 aromatic heterocycles. The number of likely N-dealkylation sites (tertiary alicyclic amines) is 1. The second-order valence-corrected chi connectivity index (χ2v) is 5.13. The molecule has 96 valence electrons. The van der Waals surface area contributed by atoms with Crippen molar-refractivity contribution in [1.29, 1.82) is 0 Å². The van der Waals surface area contributed by atoms with Crippen LogP contribution in [0.15, 0.2) is 0 Å². The Bertz CT molecular complexity index is 267. The molecule has 2 fully saturated rings. The molecule has 0 aromatic rings. The minimum atomic E-state index is 0.0430. The lowest BCUT2D eigenvalue weighted by atomic mass is 9.94. The number of nitrogens with zero attached hydrogens (tertiary/aromatic N) is 1. The topological polar surface area (TPSA) is 49.4 Å². The SMILES string of the molecule is O=C1CCCCC(=O)N1CCC1CCNCC1. The molecule has 2 aliphatic heterocycles. The van der Waals surface area contributed by atoms with Crippen molar-refractivity contribution in [2.24, 2.45) is 5.92 Å². The van der Waals surface area contributed by atoms with Crippen molar-refractivity contribution < 1.29 is 9.59 Å². The third kappa shape index (κ3) is 3.53. The number of piperidine rings is 1. The molecule has 0 radical (unpaired) electrons. The zero-order valence-electron chi connectivity index (χ0n) is 10.4. The van der Waals surface area contributed by atoms with Crippen LogP contribution in [0.5, 0.6) is 0 Å². The van der Waals surface area contributed by atoms with Crippen molar-refractivity contribution in [3.8, 4) is 0 Å². The van der Waals surface area contributed by atoms with E-state index in [1.165, 1.54) is 17.7 Å². The van der Waals surface area contributed by atoms with E-state index in [1.807, 2.05) is 0 Å². The van der Waals surface area contributed by atoms with Crippen LogP contribution in [0.4, 0.5) is 0 Å². The second kappa shape index (κ2) is 6.15. The second-order valence-electron chi connectivity index (χ2n) is 5.13. The average molecular weight is 238 g/mol. The fraction of sp³-hybridized carbons (Fsp3) is 0.846. The first-order valence-electron chi connectivity index (χ1n) is 6.81. The van der Waals surface area contributed by atoms with Crippen LogP contribution >= 0.6 is 0 Å². The summed E-state index contributed by atoms with van der Waals surface area (Å²) in [5.41, 5.74) is 0. The summed E-state index contributed by atoms with van der Waals surface area (Å²) in [5, 5.41) is 3.33. The van der Waals surface area contributed by atoms with Crippen LogP contribution in [0.2, 0.25) is 0 Å². The molecule has 0 atom stereocenters. The Labute approximate surface area is 103 Å². The molecular weight excluding hydrogens is 216 g/mol. The van der Waals surface area contributed by atoms with Crippen LogP contribution in [0.1, 0.15) is 44.9 Å². The predicted octanol–water partition coefficient (Wildman–Crippen LogP) is 1.31. The molecule has 4 nitrogen and oxygen atoms in total. The van der Waals surface area contributed by atoms with Crippen molar-refractivity contribution in [3.63, 3.8) is 0 Å². The van der Waals surface area contributed by atoms with E-state index in [0.717, 1.165) is 32.4 Å². The molecule has 0 saturated carbocycles.